The molecule has 1 atom stereocenters. The number of amides is 1. The zero-order valence-electron chi connectivity index (χ0n) is 30.5. The molecule has 0 radical (unpaired) electrons. The number of aryl methyl sites for hydroxylation is 1. The molecule has 4 aromatic carbocycles. The van der Waals surface area contributed by atoms with Crippen LogP contribution in [0.1, 0.15) is 43.8 Å². The Morgan fingerprint density at radius 3 is 2.31 bits per heavy atom. The predicted molar refractivity (Wildman–Crippen MR) is 211 cm³/mol. The Kier molecular flexibility index (Phi) is 11.0. The molecule has 12 nitrogen and oxygen atoms in total. The maximum absolute atomic E-state index is 14.7. The second-order valence-electron chi connectivity index (χ2n) is 13.8. The van der Waals surface area contributed by atoms with Crippen molar-refractivity contribution in [3.8, 4) is 11.4 Å². The molecule has 0 unspecified atom stereocenters. The van der Waals surface area contributed by atoms with Crippen LogP contribution in [0.5, 0.6) is 5.75 Å². The first-order chi connectivity index (χ1) is 25.8. The summed E-state index contributed by atoms with van der Waals surface area (Å²) in [6, 6.07) is 16.5. The predicted octanol–water partition coefficient (Wildman–Crippen LogP) is 7.75. The number of alkyl carbamates (subject to hydrolysis) is 1. The van der Waals surface area contributed by atoms with Gasteiger partial charge in [-0.25, -0.2) is 31.3 Å². The smallest absolute Gasteiger partial charge is 0.408 e. The van der Waals surface area contributed by atoms with Gasteiger partial charge in [0.2, 0.25) is 10.0 Å². The fourth-order valence-electron chi connectivity index (χ4n) is 6.20. The van der Waals surface area contributed by atoms with E-state index in [0.29, 0.717) is 15.8 Å². The molecule has 0 aliphatic heterocycles. The van der Waals surface area contributed by atoms with Crippen molar-refractivity contribution in [2.24, 2.45) is 7.05 Å². The lowest BCUT2D eigenvalue weighted by Gasteiger charge is -2.26. The Morgan fingerprint density at radius 2 is 1.69 bits per heavy atom. The third-order valence-electron chi connectivity index (χ3n) is 8.48. The Balaban J connectivity index is 1.63. The molecule has 0 fully saturated rings. The van der Waals surface area contributed by atoms with E-state index in [1.54, 1.807) is 76.3 Å². The summed E-state index contributed by atoms with van der Waals surface area (Å²) >= 11 is 10.3. The van der Waals surface area contributed by atoms with Crippen LogP contribution in [-0.2, 0) is 34.8 Å². The monoisotopic (exact) mass is 856 g/mol. The maximum atomic E-state index is 14.7. The van der Waals surface area contributed by atoms with E-state index in [2.05, 4.69) is 26.3 Å². The number of carbonyl (C=O) groups excluding carboxylic acids is 1. The Morgan fingerprint density at radius 1 is 1.02 bits per heavy atom. The van der Waals surface area contributed by atoms with Crippen LogP contribution in [-0.4, -0.2) is 52.8 Å². The average Bonchev–Trinajstić information content (AvgIpc) is 3.43. The molecule has 0 bridgehead atoms. The van der Waals surface area contributed by atoms with Crippen LogP contribution >= 0.6 is 27.5 Å². The number of hydrogen-bond donors (Lipinski definition) is 1. The molecule has 0 saturated heterocycles. The van der Waals surface area contributed by atoms with Crippen molar-refractivity contribution in [2.75, 3.05) is 17.7 Å². The quantitative estimate of drug-likeness (QED) is 0.148. The van der Waals surface area contributed by atoms with E-state index in [9.17, 15) is 26.8 Å². The molecule has 0 aliphatic rings. The molecule has 1 N–H and O–H groups in total. The van der Waals surface area contributed by atoms with Crippen molar-refractivity contribution >= 4 is 71.3 Å². The Bertz CT molecular complexity index is 2610. The number of rotatable bonds is 10. The van der Waals surface area contributed by atoms with Crippen molar-refractivity contribution < 1.29 is 31.5 Å². The number of fused-ring (bicyclic) bond motifs is 2. The number of sulfonamides is 1. The van der Waals surface area contributed by atoms with Gasteiger partial charge in [0.05, 0.1) is 58.5 Å². The highest BCUT2D eigenvalue weighted by molar-refractivity contribution is 9.10. The Hall–Kier alpha value is -5.06. The van der Waals surface area contributed by atoms with Crippen LogP contribution < -0.4 is 19.9 Å². The van der Waals surface area contributed by atoms with Crippen molar-refractivity contribution in [3.63, 3.8) is 0 Å². The minimum absolute atomic E-state index is 0.00591. The first-order valence-corrected chi connectivity index (χ1v) is 19.8. The third kappa shape index (κ3) is 8.61. The molecule has 0 spiro atoms. The summed E-state index contributed by atoms with van der Waals surface area (Å²) < 4.78 is 71.0. The van der Waals surface area contributed by atoms with E-state index in [0.717, 1.165) is 28.8 Å². The highest BCUT2D eigenvalue weighted by atomic mass is 79.9. The van der Waals surface area contributed by atoms with E-state index in [-0.39, 0.29) is 62.7 Å². The molecular formula is C38H36BrClF2N6O6S. The van der Waals surface area contributed by atoms with E-state index in [1.807, 2.05) is 0 Å². The summed E-state index contributed by atoms with van der Waals surface area (Å²) in [7, 11) is -0.883. The summed E-state index contributed by atoms with van der Waals surface area (Å²) in [4.78, 5) is 33.0. The summed E-state index contributed by atoms with van der Waals surface area (Å²) in [5.74, 6) is -1.13. The molecule has 2 aromatic heterocycles. The van der Waals surface area contributed by atoms with Crippen LogP contribution in [0.3, 0.4) is 0 Å². The zero-order valence-corrected chi connectivity index (χ0v) is 33.7. The number of halogens is 4. The van der Waals surface area contributed by atoms with Crippen LogP contribution in [0.2, 0.25) is 5.02 Å². The van der Waals surface area contributed by atoms with Gasteiger partial charge in [-0.15, -0.1) is 0 Å². The maximum Gasteiger partial charge on any atom is 0.408 e. The molecule has 0 saturated carbocycles. The van der Waals surface area contributed by atoms with Gasteiger partial charge in [-0.1, -0.05) is 39.7 Å². The number of hydrogen-bond acceptors (Lipinski definition) is 8. The molecule has 288 valence electrons. The van der Waals surface area contributed by atoms with Gasteiger partial charge >= 0.3 is 6.09 Å². The number of benzene rings is 4. The van der Waals surface area contributed by atoms with Crippen LogP contribution in [0.15, 0.2) is 82.1 Å². The van der Waals surface area contributed by atoms with Gasteiger partial charge in [0.25, 0.3) is 5.56 Å². The van der Waals surface area contributed by atoms with Crippen molar-refractivity contribution in [1.29, 1.82) is 0 Å². The van der Waals surface area contributed by atoms with Gasteiger partial charge in [-0.05, 0) is 86.5 Å². The molecule has 6 aromatic rings. The summed E-state index contributed by atoms with van der Waals surface area (Å²) in [6.07, 6.45) is -0.0574. The minimum Gasteiger partial charge on any atom is -0.497 e. The topological polar surface area (TPSA) is 138 Å². The first-order valence-electron chi connectivity index (χ1n) is 16.8. The van der Waals surface area contributed by atoms with Gasteiger partial charge in [0, 0.05) is 24.0 Å². The SMILES string of the molecule is COc1ccc(CN(c2nn(C)c3c(-n4c([C@H](Cc5cc(F)cc(F)c5)NC(=O)OC(C)(C)C)nc5cc(Br)ccc5c4=O)ccc(Cl)c23)S(C)(=O)=O)cc1. The number of nitrogens with one attached hydrogen (secondary N) is 1. The standard InChI is InChI=1S/C38H36BrClF2N6O6S/c1-38(2,3)54-37(50)44-30(17-22-15-24(41)19-25(42)16-22)34-43-29-18-23(39)9-12-27(29)36(49)48(34)31-14-13-28(40)32-33(31)46(4)45-35(32)47(55(6,51)52)20-21-7-10-26(53-5)11-8-21/h7-16,18-19,30H,17,20H2,1-6H3,(H,44,50)/t30-/m0/s1. The largest absolute Gasteiger partial charge is 0.497 e. The molecule has 0 aliphatic carbocycles. The Labute approximate surface area is 328 Å². The lowest BCUT2D eigenvalue weighted by molar-refractivity contribution is 0.0500. The third-order valence-corrected chi connectivity index (χ3v) is 10.4. The van der Waals surface area contributed by atoms with E-state index < -0.39 is 45.0 Å². The van der Waals surface area contributed by atoms with Crippen molar-refractivity contribution in [2.45, 2.75) is 45.4 Å². The zero-order chi connectivity index (χ0) is 40.0. The highest BCUT2D eigenvalue weighted by Crippen LogP contribution is 2.38. The second kappa shape index (κ2) is 15.2. The number of carbonyl (C=O) groups is 1. The highest BCUT2D eigenvalue weighted by Gasteiger charge is 2.31. The summed E-state index contributed by atoms with van der Waals surface area (Å²) in [6.45, 7) is 4.90. The molecule has 17 heteroatoms. The minimum atomic E-state index is -3.98. The molecular weight excluding hydrogens is 822 g/mol. The average molecular weight is 858 g/mol. The second-order valence-corrected chi connectivity index (χ2v) is 17.0. The molecule has 2 heterocycles. The van der Waals surface area contributed by atoms with Crippen molar-refractivity contribution in [1.82, 2.24) is 24.6 Å². The fourth-order valence-corrected chi connectivity index (χ4v) is 7.61. The number of aromatic nitrogens is 4. The van der Waals surface area contributed by atoms with Gasteiger partial charge < -0.3 is 14.8 Å². The van der Waals surface area contributed by atoms with Crippen LogP contribution in [0.25, 0.3) is 27.5 Å². The number of anilines is 1. The molecule has 6 rings (SSSR count). The summed E-state index contributed by atoms with van der Waals surface area (Å²) in [5.41, 5.74) is -0.0292. The van der Waals surface area contributed by atoms with Crippen molar-refractivity contribution in [3.05, 3.63) is 121 Å². The first kappa shape index (κ1) is 39.6. The van der Waals surface area contributed by atoms with Gasteiger partial charge in [-0.3, -0.25) is 14.0 Å². The lowest BCUT2D eigenvalue weighted by Crippen LogP contribution is -2.39. The number of methoxy groups -OCH3 is 1. The van der Waals surface area contributed by atoms with E-state index in [4.69, 9.17) is 26.1 Å². The van der Waals surface area contributed by atoms with E-state index in [1.165, 1.54) is 22.4 Å². The lowest BCUT2D eigenvalue weighted by atomic mass is 10.0. The van der Waals surface area contributed by atoms with Gasteiger partial charge in [0.1, 0.15) is 28.8 Å². The van der Waals surface area contributed by atoms with E-state index >= 15 is 0 Å². The van der Waals surface area contributed by atoms with Crippen LogP contribution in [0, 0.1) is 11.6 Å². The molecule has 1 amide bonds. The normalized spacial score (nSPS) is 12.5. The number of ether oxygens (including phenoxy) is 2. The van der Waals surface area contributed by atoms with Gasteiger partial charge in [-0.2, -0.15) is 5.10 Å². The molecule has 55 heavy (non-hydrogen) atoms. The fraction of sp³-hybridized carbons (Fsp3) is 0.263. The summed E-state index contributed by atoms with van der Waals surface area (Å²) in [5, 5.41) is 7.93. The number of nitrogens with zero attached hydrogens (tertiary/aromatic N) is 5. The van der Waals surface area contributed by atoms with Gasteiger partial charge in [0.15, 0.2) is 5.82 Å². The van der Waals surface area contributed by atoms with Crippen LogP contribution in [0.4, 0.5) is 19.4 Å².